The van der Waals surface area contributed by atoms with Crippen molar-refractivity contribution in [3.05, 3.63) is 0 Å². The molecular formula is C12H21NO4. The molecule has 0 radical (unpaired) electrons. The molecule has 1 unspecified atom stereocenters. The van der Waals surface area contributed by atoms with Crippen molar-refractivity contribution in [1.29, 1.82) is 0 Å². The summed E-state index contributed by atoms with van der Waals surface area (Å²) >= 11 is 0. The average molecular weight is 243 g/mol. The van der Waals surface area contributed by atoms with Gasteiger partial charge in [-0.15, -0.1) is 0 Å². The molecule has 1 aliphatic carbocycles. The number of rotatable bonds is 6. The minimum atomic E-state index is -0.755. The van der Waals surface area contributed by atoms with Gasteiger partial charge in [-0.2, -0.15) is 0 Å². The fraction of sp³-hybridized carbons (Fsp3) is 0.833. The number of nitrogens with one attached hydrogen (secondary N) is 1. The Morgan fingerprint density at radius 2 is 2.18 bits per heavy atom. The van der Waals surface area contributed by atoms with Crippen molar-refractivity contribution in [1.82, 2.24) is 5.32 Å². The van der Waals surface area contributed by atoms with Crippen LogP contribution in [0.1, 0.15) is 39.0 Å². The van der Waals surface area contributed by atoms with Crippen molar-refractivity contribution < 1.29 is 19.4 Å². The van der Waals surface area contributed by atoms with E-state index in [0.29, 0.717) is 25.7 Å². The van der Waals surface area contributed by atoms with Gasteiger partial charge in [-0.1, -0.05) is 0 Å². The van der Waals surface area contributed by atoms with Gasteiger partial charge < -0.3 is 15.2 Å². The van der Waals surface area contributed by atoms with Gasteiger partial charge in [0.2, 0.25) is 5.91 Å². The van der Waals surface area contributed by atoms with E-state index in [1.807, 2.05) is 6.92 Å². The molecule has 0 heterocycles. The van der Waals surface area contributed by atoms with Crippen LogP contribution in [0.5, 0.6) is 0 Å². The van der Waals surface area contributed by atoms with Gasteiger partial charge >= 0.3 is 5.97 Å². The molecule has 3 atom stereocenters. The van der Waals surface area contributed by atoms with E-state index in [2.05, 4.69) is 5.32 Å². The molecule has 0 aromatic heterocycles. The van der Waals surface area contributed by atoms with Crippen molar-refractivity contribution in [2.45, 2.75) is 51.2 Å². The summed E-state index contributed by atoms with van der Waals surface area (Å²) in [5.41, 5.74) is 0. The Labute approximate surface area is 102 Å². The normalized spacial score (nSPS) is 25.5. The highest BCUT2D eigenvalue weighted by Crippen LogP contribution is 2.25. The molecule has 0 aromatic rings. The highest BCUT2D eigenvalue weighted by molar-refractivity contribution is 5.76. The molecule has 1 fully saturated rings. The summed E-state index contributed by atoms with van der Waals surface area (Å²) < 4.78 is 5.06. The minimum absolute atomic E-state index is 0.00932. The number of aliphatic carboxylic acids is 1. The molecule has 17 heavy (non-hydrogen) atoms. The highest BCUT2D eigenvalue weighted by atomic mass is 16.5. The van der Waals surface area contributed by atoms with Crippen LogP contribution in [-0.4, -0.2) is 36.2 Å². The van der Waals surface area contributed by atoms with Crippen LogP contribution in [0.15, 0.2) is 0 Å². The van der Waals surface area contributed by atoms with Gasteiger partial charge in [-0.3, -0.25) is 9.59 Å². The van der Waals surface area contributed by atoms with Crippen LogP contribution in [-0.2, 0) is 14.3 Å². The Bertz CT molecular complexity index is 280. The van der Waals surface area contributed by atoms with E-state index < -0.39 is 5.97 Å². The zero-order valence-electron chi connectivity index (χ0n) is 10.4. The standard InChI is InChI=1S/C12H21NO4/c1-8(17-2)3-6-11(14)13-10-5-4-9(7-10)12(15)16/h8-10H,3-7H2,1-2H3,(H,13,14)(H,15,16)/t8?,9-,10+/m1/s1. The van der Waals surface area contributed by atoms with Crippen LogP contribution < -0.4 is 5.32 Å². The van der Waals surface area contributed by atoms with Crippen molar-refractivity contribution in [2.24, 2.45) is 5.92 Å². The van der Waals surface area contributed by atoms with Gasteiger partial charge in [-0.05, 0) is 32.6 Å². The first-order chi connectivity index (χ1) is 8.02. The fourth-order valence-corrected chi connectivity index (χ4v) is 2.09. The van der Waals surface area contributed by atoms with Crippen molar-refractivity contribution in [2.75, 3.05) is 7.11 Å². The summed E-state index contributed by atoms with van der Waals surface area (Å²) in [4.78, 5) is 22.3. The lowest BCUT2D eigenvalue weighted by atomic mass is 10.1. The summed E-state index contributed by atoms with van der Waals surface area (Å²) in [6.45, 7) is 1.92. The number of hydrogen-bond donors (Lipinski definition) is 2. The lowest BCUT2D eigenvalue weighted by molar-refractivity contribution is -0.141. The van der Waals surface area contributed by atoms with Crippen LogP contribution in [0, 0.1) is 5.92 Å². The quantitative estimate of drug-likeness (QED) is 0.734. The van der Waals surface area contributed by atoms with E-state index in [0.717, 1.165) is 6.42 Å². The van der Waals surface area contributed by atoms with Crippen LogP contribution in [0.4, 0.5) is 0 Å². The average Bonchev–Trinajstić information content (AvgIpc) is 2.74. The van der Waals surface area contributed by atoms with E-state index in [-0.39, 0.29) is 24.0 Å². The van der Waals surface area contributed by atoms with Gasteiger partial charge in [0.25, 0.3) is 0 Å². The second-order valence-electron chi connectivity index (χ2n) is 4.70. The topological polar surface area (TPSA) is 75.6 Å². The zero-order chi connectivity index (χ0) is 12.8. The summed E-state index contributed by atoms with van der Waals surface area (Å²) in [6, 6.07) is 0.0291. The van der Waals surface area contributed by atoms with Gasteiger partial charge in [0.05, 0.1) is 12.0 Å². The highest BCUT2D eigenvalue weighted by Gasteiger charge is 2.30. The Morgan fingerprint density at radius 3 is 2.71 bits per heavy atom. The smallest absolute Gasteiger partial charge is 0.306 e. The molecule has 0 aliphatic heterocycles. The number of carboxylic acid groups (broad SMARTS) is 1. The summed E-state index contributed by atoms with van der Waals surface area (Å²) in [7, 11) is 1.62. The Kier molecular flexibility index (Phi) is 5.41. The first kappa shape index (κ1) is 14.0. The van der Waals surface area contributed by atoms with Gasteiger partial charge in [0, 0.05) is 19.6 Å². The second-order valence-corrected chi connectivity index (χ2v) is 4.70. The molecule has 1 rings (SSSR count). The number of methoxy groups -OCH3 is 1. The molecule has 0 saturated heterocycles. The van der Waals surface area contributed by atoms with E-state index in [9.17, 15) is 9.59 Å². The third-order valence-electron chi connectivity index (χ3n) is 3.33. The minimum Gasteiger partial charge on any atom is -0.481 e. The number of amides is 1. The SMILES string of the molecule is COC(C)CCC(=O)N[C@H]1CC[C@@H](C(=O)O)C1. The first-order valence-corrected chi connectivity index (χ1v) is 6.08. The second kappa shape index (κ2) is 6.59. The predicted molar refractivity (Wildman–Crippen MR) is 62.6 cm³/mol. The van der Waals surface area contributed by atoms with Crippen molar-refractivity contribution in [3.8, 4) is 0 Å². The van der Waals surface area contributed by atoms with E-state index in [1.165, 1.54) is 0 Å². The molecule has 5 nitrogen and oxygen atoms in total. The van der Waals surface area contributed by atoms with E-state index in [1.54, 1.807) is 7.11 Å². The van der Waals surface area contributed by atoms with Crippen molar-refractivity contribution >= 4 is 11.9 Å². The Morgan fingerprint density at radius 1 is 1.47 bits per heavy atom. The number of ether oxygens (including phenoxy) is 1. The molecule has 1 saturated carbocycles. The largest absolute Gasteiger partial charge is 0.481 e. The maximum atomic E-state index is 11.6. The lowest BCUT2D eigenvalue weighted by Crippen LogP contribution is -2.33. The Balaban J connectivity index is 2.22. The summed E-state index contributed by atoms with van der Waals surface area (Å²) in [5.74, 6) is -1.06. The van der Waals surface area contributed by atoms with Gasteiger partial charge in [-0.25, -0.2) is 0 Å². The number of carboxylic acids is 1. The molecule has 2 N–H and O–H groups in total. The summed E-state index contributed by atoms with van der Waals surface area (Å²) in [5, 5.41) is 11.7. The van der Waals surface area contributed by atoms with Crippen LogP contribution in [0.2, 0.25) is 0 Å². The molecule has 5 heteroatoms. The molecule has 1 aliphatic rings. The lowest BCUT2D eigenvalue weighted by Gasteiger charge is -2.13. The molecule has 0 aromatic carbocycles. The molecule has 1 amide bonds. The molecule has 0 bridgehead atoms. The van der Waals surface area contributed by atoms with Gasteiger partial charge in [0.1, 0.15) is 0 Å². The monoisotopic (exact) mass is 243 g/mol. The third kappa shape index (κ3) is 4.73. The van der Waals surface area contributed by atoms with Crippen molar-refractivity contribution in [3.63, 3.8) is 0 Å². The maximum Gasteiger partial charge on any atom is 0.306 e. The van der Waals surface area contributed by atoms with Crippen LogP contribution in [0.3, 0.4) is 0 Å². The van der Waals surface area contributed by atoms with E-state index >= 15 is 0 Å². The maximum absolute atomic E-state index is 11.6. The number of hydrogen-bond acceptors (Lipinski definition) is 3. The molecule has 98 valence electrons. The first-order valence-electron chi connectivity index (χ1n) is 6.08. The molecule has 0 spiro atoms. The summed E-state index contributed by atoms with van der Waals surface area (Å²) in [6.07, 6.45) is 3.19. The van der Waals surface area contributed by atoms with Crippen LogP contribution >= 0.6 is 0 Å². The number of carbonyl (C=O) groups is 2. The zero-order valence-corrected chi connectivity index (χ0v) is 10.4. The fourth-order valence-electron chi connectivity index (χ4n) is 2.09. The van der Waals surface area contributed by atoms with Crippen LogP contribution in [0.25, 0.3) is 0 Å². The molecular weight excluding hydrogens is 222 g/mol. The number of carbonyl (C=O) groups excluding carboxylic acids is 1. The predicted octanol–water partition coefficient (Wildman–Crippen LogP) is 1.17. The van der Waals surface area contributed by atoms with Gasteiger partial charge in [0.15, 0.2) is 0 Å². The van der Waals surface area contributed by atoms with E-state index in [4.69, 9.17) is 9.84 Å². The third-order valence-corrected chi connectivity index (χ3v) is 3.33. The Hall–Kier alpha value is -1.10.